The Morgan fingerprint density at radius 2 is 1.81 bits per heavy atom. The number of hydrogen-bond acceptors (Lipinski definition) is 4. The van der Waals surface area contributed by atoms with Gasteiger partial charge in [-0.1, -0.05) is 6.92 Å². The first-order valence-corrected chi connectivity index (χ1v) is 8.82. The minimum atomic E-state index is -3.21. The number of sulfonamides is 1. The summed E-state index contributed by atoms with van der Waals surface area (Å²) in [5.74, 6) is -1.47. The summed E-state index contributed by atoms with van der Waals surface area (Å²) in [6, 6.07) is -0.824. The van der Waals surface area contributed by atoms with E-state index < -0.39 is 22.0 Å². The van der Waals surface area contributed by atoms with Crippen molar-refractivity contribution < 1.29 is 23.1 Å². The molecule has 0 aromatic rings. The molecule has 1 aliphatic rings. The molecule has 122 valence electrons. The molecule has 0 radical (unpaired) electrons. The molecule has 1 aliphatic heterocycles. The molecule has 1 unspecified atom stereocenters. The lowest BCUT2D eigenvalue weighted by atomic mass is 9.96. The Bertz CT molecular complexity index is 483. The number of nitrogens with zero attached hydrogens (tertiary/aromatic N) is 2. The van der Waals surface area contributed by atoms with Crippen molar-refractivity contribution in [2.24, 2.45) is 5.92 Å². The van der Waals surface area contributed by atoms with Crippen molar-refractivity contribution in [1.82, 2.24) is 9.21 Å². The van der Waals surface area contributed by atoms with Gasteiger partial charge in [0.25, 0.3) is 0 Å². The van der Waals surface area contributed by atoms with Crippen LogP contribution in [0.3, 0.4) is 0 Å². The van der Waals surface area contributed by atoms with E-state index in [1.165, 1.54) is 16.3 Å². The molecule has 1 fully saturated rings. The average molecular weight is 320 g/mol. The molecule has 0 bridgehead atoms. The second-order valence-electron chi connectivity index (χ2n) is 5.29. The number of carbonyl (C=O) groups is 2. The smallest absolute Gasteiger partial charge is 0.326 e. The summed E-state index contributed by atoms with van der Waals surface area (Å²) in [6.45, 7) is 3.96. The lowest BCUT2D eigenvalue weighted by Gasteiger charge is -2.33. The van der Waals surface area contributed by atoms with E-state index in [0.717, 1.165) is 0 Å². The van der Waals surface area contributed by atoms with Crippen molar-refractivity contribution in [3.8, 4) is 0 Å². The maximum absolute atomic E-state index is 12.3. The van der Waals surface area contributed by atoms with Gasteiger partial charge in [0.1, 0.15) is 6.04 Å². The molecular weight excluding hydrogens is 296 g/mol. The summed E-state index contributed by atoms with van der Waals surface area (Å²) in [6.07, 6.45) is 1.23. The number of hydrogen-bond donors (Lipinski definition) is 1. The van der Waals surface area contributed by atoms with E-state index in [2.05, 4.69) is 0 Å². The minimum absolute atomic E-state index is 0.0580. The molecule has 0 spiro atoms. The summed E-state index contributed by atoms with van der Waals surface area (Å²) in [7, 11) is -1.71. The fraction of sp³-hybridized carbons (Fsp3) is 0.846. The van der Waals surface area contributed by atoms with E-state index in [1.54, 1.807) is 13.8 Å². The molecule has 1 N–H and O–H groups in total. The molecule has 7 nitrogen and oxygen atoms in total. The van der Waals surface area contributed by atoms with Crippen LogP contribution in [0, 0.1) is 5.92 Å². The van der Waals surface area contributed by atoms with Crippen LogP contribution in [0.1, 0.15) is 33.1 Å². The molecule has 0 aliphatic carbocycles. The molecule has 0 saturated carbocycles. The predicted octanol–water partition coefficient (Wildman–Crippen LogP) is 0.370. The Morgan fingerprint density at radius 3 is 2.19 bits per heavy atom. The normalized spacial score (nSPS) is 19.2. The molecular formula is C13H24N2O5S. The molecule has 1 rings (SSSR count). The van der Waals surface area contributed by atoms with Crippen molar-refractivity contribution in [2.75, 3.05) is 25.9 Å². The highest BCUT2D eigenvalue weighted by Crippen LogP contribution is 2.22. The van der Waals surface area contributed by atoms with Gasteiger partial charge in [-0.25, -0.2) is 17.5 Å². The number of carboxylic acids is 1. The van der Waals surface area contributed by atoms with Crippen LogP contribution in [0.2, 0.25) is 0 Å². The Balaban J connectivity index is 2.66. The molecule has 8 heteroatoms. The van der Waals surface area contributed by atoms with Crippen LogP contribution >= 0.6 is 0 Å². The fourth-order valence-electron chi connectivity index (χ4n) is 2.62. The monoisotopic (exact) mass is 320 g/mol. The molecule has 1 amide bonds. The number of piperidine rings is 1. The Morgan fingerprint density at radius 1 is 1.29 bits per heavy atom. The van der Waals surface area contributed by atoms with Crippen LogP contribution < -0.4 is 0 Å². The van der Waals surface area contributed by atoms with Gasteiger partial charge in [-0.15, -0.1) is 0 Å². The summed E-state index contributed by atoms with van der Waals surface area (Å²) in [5, 5.41) is 9.09. The molecule has 1 atom stereocenters. The van der Waals surface area contributed by atoms with Crippen molar-refractivity contribution in [1.29, 1.82) is 0 Å². The fourth-order valence-corrected chi connectivity index (χ4v) is 3.75. The van der Waals surface area contributed by atoms with Gasteiger partial charge in [0.2, 0.25) is 15.9 Å². The number of likely N-dealkylation sites (N-methyl/N-ethyl adjacent to an activating group) is 1. The maximum atomic E-state index is 12.3. The Hall–Kier alpha value is -1.15. The van der Waals surface area contributed by atoms with E-state index in [0.29, 0.717) is 32.4 Å². The Labute approximate surface area is 126 Å². The standard InChI is InChI=1S/C13H24N2O5S/c1-4-11(13(17)18)14(3)12(16)10-6-8-15(9-7-10)21(19,20)5-2/h10-11H,4-9H2,1-3H3,(H,17,18). The van der Waals surface area contributed by atoms with Crippen molar-refractivity contribution >= 4 is 21.9 Å². The molecule has 1 saturated heterocycles. The first-order chi connectivity index (χ1) is 9.74. The number of aliphatic carboxylic acids is 1. The molecule has 0 aromatic carbocycles. The molecule has 21 heavy (non-hydrogen) atoms. The summed E-state index contributed by atoms with van der Waals surface area (Å²) in [5.41, 5.74) is 0. The van der Waals surface area contributed by atoms with E-state index >= 15 is 0 Å². The van der Waals surface area contributed by atoms with E-state index in [9.17, 15) is 18.0 Å². The third kappa shape index (κ3) is 4.16. The predicted molar refractivity (Wildman–Crippen MR) is 78.2 cm³/mol. The molecule has 1 heterocycles. The summed E-state index contributed by atoms with van der Waals surface area (Å²) < 4.78 is 24.9. The van der Waals surface area contributed by atoms with Gasteiger partial charge in [0.15, 0.2) is 0 Å². The average Bonchev–Trinajstić information content (AvgIpc) is 2.46. The highest BCUT2D eigenvalue weighted by atomic mass is 32.2. The SMILES string of the molecule is CCC(C(=O)O)N(C)C(=O)C1CCN(S(=O)(=O)CC)CC1. The van der Waals surface area contributed by atoms with Crippen LogP contribution in [0.5, 0.6) is 0 Å². The van der Waals surface area contributed by atoms with Crippen molar-refractivity contribution in [2.45, 2.75) is 39.2 Å². The van der Waals surface area contributed by atoms with Crippen LogP contribution in [0.25, 0.3) is 0 Å². The maximum Gasteiger partial charge on any atom is 0.326 e. The van der Waals surface area contributed by atoms with E-state index in [-0.39, 0.29) is 17.6 Å². The first kappa shape index (κ1) is 17.9. The van der Waals surface area contributed by atoms with Crippen LogP contribution in [-0.2, 0) is 19.6 Å². The zero-order valence-corrected chi connectivity index (χ0v) is 13.6. The lowest BCUT2D eigenvalue weighted by Crippen LogP contribution is -2.48. The van der Waals surface area contributed by atoms with Gasteiger partial charge >= 0.3 is 5.97 Å². The topological polar surface area (TPSA) is 95.0 Å². The zero-order valence-electron chi connectivity index (χ0n) is 12.8. The van der Waals surface area contributed by atoms with Crippen LogP contribution in [0.15, 0.2) is 0 Å². The number of amides is 1. The van der Waals surface area contributed by atoms with Gasteiger partial charge in [-0.05, 0) is 26.2 Å². The lowest BCUT2D eigenvalue weighted by molar-refractivity contribution is -0.151. The third-order valence-electron chi connectivity index (χ3n) is 4.05. The number of rotatable bonds is 6. The van der Waals surface area contributed by atoms with Gasteiger partial charge < -0.3 is 10.0 Å². The highest BCUT2D eigenvalue weighted by molar-refractivity contribution is 7.89. The summed E-state index contributed by atoms with van der Waals surface area (Å²) in [4.78, 5) is 24.7. The van der Waals surface area contributed by atoms with Crippen molar-refractivity contribution in [3.63, 3.8) is 0 Å². The molecule has 0 aromatic heterocycles. The van der Waals surface area contributed by atoms with Gasteiger partial charge in [-0.2, -0.15) is 0 Å². The minimum Gasteiger partial charge on any atom is -0.480 e. The van der Waals surface area contributed by atoms with E-state index in [1.807, 2.05) is 0 Å². The largest absolute Gasteiger partial charge is 0.480 e. The second kappa shape index (κ2) is 7.22. The van der Waals surface area contributed by atoms with Crippen molar-refractivity contribution in [3.05, 3.63) is 0 Å². The van der Waals surface area contributed by atoms with E-state index in [4.69, 9.17) is 5.11 Å². The highest BCUT2D eigenvalue weighted by Gasteiger charge is 2.34. The summed E-state index contributed by atoms with van der Waals surface area (Å²) >= 11 is 0. The van der Waals surface area contributed by atoms with Gasteiger partial charge in [-0.3, -0.25) is 4.79 Å². The zero-order chi connectivity index (χ0) is 16.2. The van der Waals surface area contributed by atoms with Crippen LogP contribution in [-0.4, -0.2) is 66.5 Å². The number of carboxylic acid groups (broad SMARTS) is 1. The van der Waals surface area contributed by atoms with Gasteiger partial charge in [0.05, 0.1) is 5.75 Å². The quantitative estimate of drug-likeness (QED) is 0.763. The second-order valence-corrected chi connectivity index (χ2v) is 7.54. The third-order valence-corrected chi connectivity index (χ3v) is 5.93. The van der Waals surface area contributed by atoms with Gasteiger partial charge in [0, 0.05) is 26.1 Å². The number of carbonyl (C=O) groups excluding carboxylic acids is 1. The van der Waals surface area contributed by atoms with Crippen LogP contribution in [0.4, 0.5) is 0 Å². The Kier molecular flexibility index (Phi) is 6.15. The first-order valence-electron chi connectivity index (χ1n) is 7.21.